The predicted octanol–water partition coefficient (Wildman–Crippen LogP) is 2.26. The largest absolute Gasteiger partial charge is 0.450 e. The van der Waals surface area contributed by atoms with Gasteiger partial charge in [0.15, 0.2) is 5.82 Å². The average molecular weight is 298 g/mol. The van der Waals surface area contributed by atoms with Crippen LogP contribution in [0, 0.1) is 0 Å². The fourth-order valence-electron chi connectivity index (χ4n) is 1.35. The van der Waals surface area contributed by atoms with Gasteiger partial charge in [0.2, 0.25) is 11.7 Å². The van der Waals surface area contributed by atoms with Crippen LogP contribution in [0.3, 0.4) is 0 Å². The van der Waals surface area contributed by atoms with Crippen LogP contribution in [-0.4, -0.2) is 39.4 Å². The number of hydrogen-bond donors (Lipinski definition) is 0. The molecule has 2 heterocycles. The van der Waals surface area contributed by atoms with Gasteiger partial charge in [-0.2, -0.15) is 29.9 Å². The first kappa shape index (κ1) is 13.7. The Bertz CT molecular complexity index is 430. The van der Waals surface area contributed by atoms with Gasteiger partial charge in [0, 0.05) is 17.3 Å². The zero-order chi connectivity index (χ0) is 13.2. The van der Waals surface area contributed by atoms with Crippen LogP contribution in [0.15, 0.2) is 4.52 Å². The minimum absolute atomic E-state index is 0.0299. The van der Waals surface area contributed by atoms with Crippen LogP contribution in [0.5, 0.6) is 0 Å². The first-order chi connectivity index (χ1) is 8.47. The third-order valence-corrected chi connectivity index (χ3v) is 4.97. The molecular formula is C9H9F3N2O2S2. The first-order valence-electron chi connectivity index (χ1n) is 5.08. The standard InChI is InChI=1S/C9H9F3N2O2S2/c10-9(11,12)6(15)3-7-13-8(14-16-7)5-4-17-1-2-18-5/h5H,1-4H2. The molecule has 1 aliphatic rings. The third kappa shape index (κ3) is 3.41. The van der Waals surface area contributed by atoms with E-state index in [0.717, 1.165) is 17.3 Å². The second kappa shape index (κ2) is 5.52. The summed E-state index contributed by atoms with van der Waals surface area (Å²) in [5.41, 5.74) is 0. The number of carbonyl (C=O) groups excluding carboxylic acids is 1. The zero-order valence-corrected chi connectivity index (χ0v) is 10.7. The molecule has 1 atom stereocenters. The summed E-state index contributed by atoms with van der Waals surface area (Å²) in [4.78, 5) is 14.6. The Hall–Kier alpha value is -0.700. The van der Waals surface area contributed by atoms with Gasteiger partial charge in [-0.3, -0.25) is 4.79 Å². The highest BCUT2D eigenvalue weighted by Gasteiger charge is 2.39. The fraction of sp³-hybridized carbons (Fsp3) is 0.667. The van der Waals surface area contributed by atoms with Crippen molar-refractivity contribution >= 4 is 29.3 Å². The number of carbonyl (C=O) groups is 1. The summed E-state index contributed by atoms with van der Waals surface area (Å²) in [6.07, 6.45) is -5.74. The van der Waals surface area contributed by atoms with Crippen LogP contribution in [0.2, 0.25) is 0 Å². The van der Waals surface area contributed by atoms with Crippen molar-refractivity contribution in [2.75, 3.05) is 17.3 Å². The summed E-state index contributed by atoms with van der Waals surface area (Å²) in [6, 6.07) is 0. The molecular weight excluding hydrogens is 289 g/mol. The highest BCUT2D eigenvalue weighted by Crippen LogP contribution is 2.35. The molecule has 100 valence electrons. The molecule has 1 saturated heterocycles. The van der Waals surface area contributed by atoms with Gasteiger partial charge >= 0.3 is 6.18 Å². The lowest BCUT2D eigenvalue weighted by Crippen LogP contribution is -2.24. The van der Waals surface area contributed by atoms with Gasteiger partial charge in [0.25, 0.3) is 0 Å². The maximum Gasteiger partial charge on any atom is 0.450 e. The molecule has 1 unspecified atom stereocenters. The van der Waals surface area contributed by atoms with Gasteiger partial charge in [-0.25, -0.2) is 0 Å². The highest BCUT2D eigenvalue weighted by atomic mass is 32.2. The molecule has 0 amide bonds. The van der Waals surface area contributed by atoms with Gasteiger partial charge < -0.3 is 4.52 Å². The van der Waals surface area contributed by atoms with Crippen LogP contribution in [0.25, 0.3) is 0 Å². The lowest BCUT2D eigenvalue weighted by atomic mass is 10.3. The van der Waals surface area contributed by atoms with Gasteiger partial charge in [-0.05, 0) is 0 Å². The monoisotopic (exact) mass is 298 g/mol. The van der Waals surface area contributed by atoms with Crippen LogP contribution < -0.4 is 0 Å². The summed E-state index contributed by atoms with van der Waals surface area (Å²) < 4.78 is 40.8. The molecule has 0 aromatic carbocycles. The highest BCUT2D eigenvalue weighted by molar-refractivity contribution is 8.06. The van der Waals surface area contributed by atoms with E-state index in [2.05, 4.69) is 14.7 Å². The van der Waals surface area contributed by atoms with E-state index in [1.54, 1.807) is 23.5 Å². The maximum absolute atomic E-state index is 12.0. The molecule has 1 fully saturated rings. The number of ketones is 1. The van der Waals surface area contributed by atoms with Crippen LogP contribution in [0.4, 0.5) is 13.2 Å². The Labute approximate surface area is 109 Å². The number of rotatable bonds is 3. The Morgan fingerprint density at radius 2 is 2.22 bits per heavy atom. The van der Waals surface area contributed by atoms with E-state index >= 15 is 0 Å². The van der Waals surface area contributed by atoms with Crippen LogP contribution >= 0.6 is 23.5 Å². The van der Waals surface area contributed by atoms with Crippen molar-refractivity contribution in [3.05, 3.63) is 11.7 Å². The Balaban J connectivity index is 1.99. The zero-order valence-electron chi connectivity index (χ0n) is 9.07. The smallest absolute Gasteiger partial charge is 0.339 e. The van der Waals surface area contributed by atoms with E-state index < -0.39 is 18.4 Å². The number of halogens is 3. The molecule has 1 aliphatic heterocycles. The van der Waals surface area contributed by atoms with Gasteiger partial charge in [0.05, 0.1) is 11.7 Å². The molecule has 0 radical (unpaired) electrons. The lowest BCUT2D eigenvalue weighted by molar-refractivity contribution is -0.170. The molecule has 0 bridgehead atoms. The normalized spacial score (nSPS) is 20.9. The van der Waals surface area contributed by atoms with Crippen molar-refractivity contribution < 1.29 is 22.5 Å². The van der Waals surface area contributed by atoms with Gasteiger partial charge in [-0.15, -0.1) is 11.8 Å². The maximum atomic E-state index is 12.0. The molecule has 0 spiro atoms. The van der Waals surface area contributed by atoms with Crippen LogP contribution in [0.1, 0.15) is 17.0 Å². The first-order valence-corrected chi connectivity index (χ1v) is 7.29. The van der Waals surface area contributed by atoms with Crippen LogP contribution in [-0.2, 0) is 11.2 Å². The van der Waals surface area contributed by atoms with E-state index in [1.165, 1.54) is 0 Å². The number of Topliss-reactive ketones (excluding diaryl/α,β-unsaturated/α-hetero) is 1. The quantitative estimate of drug-likeness (QED) is 0.853. The number of hydrogen-bond acceptors (Lipinski definition) is 6. The van der Waals surface area contributed by atoms with E-state index in [4.69, 9.17) is 0 Å². The molecule has 18 heavy (non-hydrogen) atoms. The number of aromatic nitrogens is 2. The molecule has 1 aromatic heterocycles. The van der Waals surface area contributed by atoms with Crippen molar-refractivity contribution in [2.45, 2.75) is 17.8 Å². The molecule has 0 aliphatic carbocycles. The third-order valence-electron chi connectivity index (χ3n) is 2.22. The number of nitrogens with zero attached hydrogens (tertiary/aromatic N) is 2. The molecule has 0 N–H and O–H groups in total. The van der Waals surface area contributed by atoms with Crippen molar-refractivity contribution in [1.29, 1.82) is 0 Å². The fourth-order valence-corrected chi connectivity index (χ4v) is 3.93. The summed E-state index contributed by atoms with van der Waals surface area (Å²) >= 11 is 3.38. The summed E-state index contributed by atoms with van der Waals surface area (Å²) in [6.45, 7) is 0. The minimum Gasteiger partial charge on any atom is -0.339 e. The lowest BCUT2D eigenvalue weighted by Gasteiger charge is -2.16. The minimum atomic E-state index is -4.86. The van der Waals surface area contributed by atoms with Gasteiger partial charge in [-0.1, -0.05) is 5.16 Å². The van der Waals surface area contributed by atoms with Gasteiger partial charge in [0.1, 0.15) is 0 Å². The van der Waals surface area contributed by atoms with E-state index in [1.807, 2.05) is 0 Å². The molecule has 4 nitrogen and oxygen atoms in total. The summed E-state index contributed by atoms with van der Waals surface area (Å²) in [5, 5.41) is 3.66. The Morgan fingerprint density at radius 1 is 1.44 bits per heavy atom. The summed E-state index contributed by atoms with van der Waals surface area (Å²) in [5.74, 6) is 1.01. The Morgan fingerprint density at radius 3 is 2.83 bits per heavy atom. The Kier molecular flexibility index (Phi) is 4.21. The predicted molar refractivity (Wildman–Crippen MR) is 61.6 cm³/mol. The molecule has 0 saturated carbocycles. The second-order valence-electron chi connectivity index (χ2n) is 3.58. The van der Waals surface area contributed by atoms with Crippen molar-refractivity contribution in [2.24, 2.45) is 0 Å². The van der Waals surface area contributed by atoms with Crippen molar-refractivity contribution in [3.8, 4) is 0 Å². The summed E-state index contributed by atoms with van der Waals surface area (Å²) in [7, 11) is 0. The van der Waals surface area contributed by atoms with E-state index in [0.29, 0.717) is 5.82 Å². The molecule has 9 heteroatoms. The average Bonchev–Trinajstić information content (AvgIpc) is 2.77. The number of alkyl halides is 3. The topological polar surface area (TPSA) is 56.0 Å². The van der Waals surface area contributed by atoms with Crippen molar-refractivity contribution in [3.63, 3.8) is 0 Å². The molecule has 2 rings (SSSR count). The molecule has 1 aromatic rings. The van der Waals surface area contributed by atoms with E-state index in [-0.39, 0.29) is 11.1 Å². The van der Waals surface area contributed by atoms with Crippen molar-refractivity contribution in [1.82, 2.24) is 10.1 Å². The SMILES string of the molecule is O=C(Cc1nc(C2CSCCS2)no1)C(F)(F)F. The second-order valence-corrected chi connectivity index (χ2v) is 6.04. The van der Waals surface area contributed by atoms with E-state index in [9.17, 15) is 18.0 Å². The number of thioether (sulfide) groups is 2.